The normalized spacial score (nSPS) is 23.8. The Hall–Kier alpha value is -4.50. The fourth-order valence-electron chi connectivity index (χ4n) is 6.24. The van der Waals surface area contributed by atoms with E-state index in [1.165, 1.54) is 0 Å². The molecule has 0 unspecified atom stereocenters. The van der Waals surface area contributed by atoms with Crippen molar-refractivity contribution in [2.75, 3.05) is 39.4 Å². The number of hydrogen-bond donors (Lipinski definition) is 4. The third-order valence-electron chi connectivity index (χ3n) is 9.35. The van der Waals surface area contributed by atoms with Crippen molar-refractivity contribution in [3.05, 3.63) is 36.1 Å². The number of ketones is 2. The number of carbonyl (C=O) groups excluding carboxylic acids is 5. The molecule has 0 radical (unpaired) electrons. The largest absolute Gasteiger partial charge is 0.465 e. The molecule has 3 aliphatic rings. The van der Waals surface area contributed by atoms with Crippen LogP contribution in [0, 0.1) is 5.92 Å². The molecule has 4 heterocycles. The van der Waals surface area contributed by atoms with Crippen molar-refractivity contribution >= 4 is 46.5 Å². The molecule has 1 aromatic heterocycles. The van der Waals surface area contributed by atoms with Crippen LogP contribution in [0.3, 0.4) is 0 Å². The average molecular weight is 699 g/mol. The maximum absolute atomic E-state index is 13.0. The number of rotatable bonds is 6. The highest BCUT2D eigenvalue weighted by Gasteiger charge is 2.35. The van der Waals surface area contributed by atoms with Crippen LogP contribution < -0.4 is 16.4 Å². The summed E-state index contributed by atoms with van der Waals surface area (Å²) in [5.41, 5.74) is 6.33. The molecule has 50 heavy (non-hydrogen) atoms. The summed E-state index contributed by atoms with van der Waals surface area (Å²) in [5, 5.41) is 15.5. The number of Topliss-reactive ketones (excluding diaryl/α,β-unsaturated/α-hetero) is 2. The SMILES string of the molecule is CC(C)C[C@H](NC(=O)c1cc2ccccc2o1)C(=O)N[C@H]1CC[C@@H](C)N(C(=O)O)CC1=O.C[C@@H]1CC[C@H](N)C(=O)CN1C(=O)N1CCOCC1. The molecule has 3 fully saturated rings. The summed E-state index contributed by atoms with van der Waals surface area (Å²) < 4.78 is 10.8. The van der Waals surface area contributed by atoms with E-state index in [1.807, 2.05) is 32.9 Å². The molecule has 5 rings (SSSR count). The van der Waals surface area contributed by atoms with Gasteiger partial charge in [0.1, 0.15) is 11.6 Å². The van der Waals surface area contributed by atoms with E-state index in [0.29, 0.717) is 57.6 Å². The zero-order chi connectivity index (χ0) is 36.5. The number of fused-ring (bicyclic) bond motifs is 1. The van der Waals surface area contributed by atoms with Crippen molar-refractivity contribution in [1.82, 2.24) is 25.3 Å². The Morgan fingerprint density at radius 2 is 1.58 bits per heavy atom. The summed E-state index contributed by atoms with van der Waals surface area (Å²) in [5.74, 6) is -1.19. The van der Waals surface area contributed by atoms with Crippen molar-refractivity contribution in [3.63, 3.8) is 0 Å². The van der Waals surface area contributed by atoms with E-state index in [4.69, 9.17) is 14.9 Å². The summed E-state index contributed by atoms with van der Waals surface area (Å²) >= 11 is 0. The van der Waals surface area contributed by atoms with Gasteiger partial charge in [0.05, 0.1) is 38.4 Å². The standard InChI is InChI=1S/C23H29N3O6.C12H21N3O3/c1-13(2)10-17(25-22(29)20-11-15-6-4-5-7-19(15)32-20)21(28)24-16-9-8-14(3)26(23(30)31)12-18(16)27;1-9-2-3-10(13)11(16)8-15(9)12(17)14-4-6-18-7-5-14/h4-7,11,13-14,16-17H,8-10,12H2,1-3H3,(H,24,28)(H,25,29)(H,30,31);9-10H,2-8,13H2,1H3/t14-,16+,17+;9-,10+/m11/s1. The molecule has 2 aromatic rings. The van der Waals surface area contributed by atoms with Gasteiger partial charge >= 0.3 is 12.1 Å². The Bertz CT molecular complexity index is 1500. The maximum Gasteiger partial charge on any atom is 0.407 e. The first-order valence-corrected chi connectivity index (χ1v) is 17.3. The van der Waals surface area contributed by atoms with Gasteiger partial charge in [-0.15, -0.1) is 0 Å². The van der Waals surface area contributed by atoms with Crippen LogP contribution in [0.5, 0.6) is 0 Å². The molecule has 5 N–H and O–H groups in total. The zero-order valence-electron chi connectivity index (χ0n) is 29.3. The third-order valence-corrected chi connectivity index (χ3v) is 9.35. The van der Waals surface area contributed by atoms with E-state index in [2.05, 4.69) is 10.6 Å². The molecule has 0 saturated carbocycles. The quantitative estimate of drug-likeness (QED) is 0.347. The molecular formula is C35H50N6O9. The molecule has 3 saturated heterocycles. The van der Waals surface area contributed by atoms with Gasteiger partial charge in [0, 0.05) is 30.6 Å². The number of ether oxygens (including phenoxy) is 1. The van der Waals surface area contributed by atoms with Crippen molar-refractivity contribution in [3.8, 4) is 0 Å². The minimum atomic E-state index is -1.16. The van der Waals surface area contributed by atoms with Gasteiger partial charge in [0.25, 0.3) is 5.91 Å². The van der Waals surface area contributed by atoms with Crippen LogP contribution in [-0.4, -0.2) is 125 Å². The average Bonchev–Trinajstić information content (AvgIpc) is 3.42. The van der Waals surface area contributed by atoms with Gasteiger partial charge < -0.3 is 40.4 Å². The second-order valence-electron chi connectivity index (χ2n) is 13.7. The lowest BCUT2D eigenvalue weighted by Gasteiger charge is -2.34. The van der Waals surface area contributed by atoms with E-state index < -0.39 is 36.0 Å². The number of urea groups is 1. The topological polar surface area (TPSA) is 205 Å². The highest BCUT2D eigenvalue weighted by molar-refractivity contribution is 5.99. The molecule has 15 nitrogen and oxygen atoms in total. The first-order chi connectivity index (χ1) is 23.7. The number of nitrogens with zero attached hydrogens (tertiary/aromatic N) is 3. The van der Waals surface area contributed by atoms with Crippen LogP contribution in [0.4, 0.5) is 9.59 Å². The lowest BCUT2D eigenvalue weighted by molar-refractivity contribution is -0.129. The van der Waals surface area contributed by atoms with Gasteiger partial charge in [-0.25, -0.2) is 9.59 Å². The fourth-order valence-corrected chi connectivity index (χ4v) is 6.24. The van der Waals surface area contributed by atoms with E-state index in [0.717, 1.165) is 16.7 Å². The van der Waals surface area contributed by atoms with Crippen molar-refractivity contribution in [2.24, 2.45) is 11.7 Å². The lowest BCUT2D eigenvalue weighted by atomic mass is 10.0. The van der Waals surface area contributed by atoms with Crippen molar-refractivity contribution in [1.29, 1.82) is 0 Å². The molecule has 0 aliphatic carbocycles. The smallest absolute Gasteiger partial charge is 0.407 e. The fraction of sp³-hybridized carbons (Fsp3) is 0.600. The number of amides is 5. The number of carbonyl (C=O) groups is 6. The molecular weight excluding hydrogens is 648 g/mol. The van der Waals surface area contributed by atoms with Gasteiger partial charge in [-0.05, 0) is 64.0 Å². The Morgan fingerprint density at radius 3 is 2.24 bits per heavy atom. The van der Waals surface area contributed by atoms with Crippen LogP contribution in [0.25, 0.3) is 11.0 Å². The van der Waals surface area contributed by atoms with Gasteiger partial charge in [-0.3, -0.25) is 24.1 Å². The number of para-hydroxylation sites is 1. The van der Waals surface area contributed by atoms with Gasteiger partial charge in [0.15, 0.2) is 17.3 Å². The summed E-state index contributed by atoms with van der Waals surface area (Å²) in [4.78, 5) is 78.4. The van der Waals surface area contributed by atoms with E-state index in [-0.39, 0.29) is 54.4 Å². The summed E-state index contributed by atoms with van der Waals surface area (Å²) in [7, 11) is 0. The summed E-state index contributed by atoms with van der Waals surface area (Å²) in [6, 6.07) is 6.44. The van der Waals surface area contributed by atoms with Crippen molar-refractivity contribution < 1.29 is 43.0 Å². The van der Waals surface area contributed by atoms with Gasteiger partial charge in [0.2, 0.25) is 5.91 Å². The number of furan rings is 1. The molecule has 15 heteroatoms. The molecule has 5 atom stereocenters. The van der Waals surface area contributed by atoms with Crippen LogP contribution >= 0.6 is 0 Å². The van der Waals surface area contributed by atoms with E-state index >= 15 is 0 Å². The van der Waals surface area contributed by atoms with Crippen LogP contribution in [0.1, 0.15) is 70.4 Å². The van der Waals surface area contributed by atoms with Crippen LogP contribution in [-0.2, 0) is 19.1 Å². The van der Waals surface area contributed by atoms with E-state index in [9.17, 15) is 33.9 Å². The van der Waals surface area contributed by atoms with Crippen molar-refractivity contribution in [2.45, 2.75) is 90.0 Å². The second-order valence-corrected chi connectivity index (χ2v) is 13.7. The number of benzene rings is 1. The van der Waals surface area contributed by atoms with E-state index in [1.54, 1.807) is 34.9 Å². The summed E-state index contributed by atoms with van der Waals surface area (Å²) in [6.45, 7) is 9.77. The number of hydrogen-bond acceptors (Lipinski definition) is 9. The van der Waals surface area contributed by atoms with Crippen LogP contribution in [0.15, 0.2) is 34.7 Å². The molecule has 5 amide bonds. The number of carboxylic acid groups (broad SMARTS) is 1. The highest BCUT2D eigenvalue weighted by Crippen LogP contribution is 2.20. The molecule has 0 spiro atoms. The Balaban J connectivity index is 0.000000263. The highest BCUT2D eigenvalue weighted by atomic mass is 16.5. The molecule has 1 aromatic carbocycles. The predicted octanol–water partition coefficient (Wildman–Crippen LogP) is 2.61. The molecule has 3 aliphatic heterocycles. The molecule has 0 bridgehead atoms. The first-order valence-electron chi connectivity index (χ1n) is 17.3. The monoisotopic (exact) mass is 698 g/mol. The van der Waals surface area contributed by atoms with Gasteiger partial charge in [-0.1, -0.05) is 32.0 Å². The Kier molecular flexibility index (Phi) is 13.4. The zero-order valence-corrected chi connectivity index (χ0v) is 29.3. The van der Waals surface area contributed by atoms with Crippen LogP contribution in [0.2, 0.25) is 0 Å². The number of likely N-dealkylation sites (tertiary alicyclic amines) is 2. The number of nitrogens with one attached hydrogen (secondary N) is 2. The Labute approximate surface area is 291 Å². The number of morpholine rings is 1. The number of nitrogens with two attached hydrogens (primary N) is 1. The summed E-state index contributed by atoms with van der Waals surface area (Å²) in [6.07, 6.45) is 1.44. The predicted molar refractivity (Wildman–Crippen MR) is 183 cm³/mol. The lowest BCUT2D eigenvalue weighted by Crippen LogP contribution is -2.52. The minimum absolute atomic E-state index is 0.0408. The maximum atomic E-state index is 13.0. The second kappa shape index (κ2) is 17.4. The Morgan fingerprint density at radius 1 is 0.940 bits per heavy atom. The third kappa shape index (κ3) is 10.0. The minimum Gasteiger partial charge on any atom is -0.465 e. The van der Waals surface area contributed by atoms with Gasteiger partial charge in [-0.2, -0.15) is 0 Å². The first kappa shape index (κ1) is 38.3. The molecule has 274 valence electrons.